The van der Waals surface area contributed by atoms with Gasteiger partial charge in [0.2, 0.25) is 11.0 Å². The van der Waals surface area contributed by atoms with Crippen molar-refractivity contribution in [3.05, 3.63) is 5.51 Å². The maximum absolute atomic E-state index is 12.2. The van der Waals surface area contributed by atoms with Gasteiger partial charge < -0.3 is 10.4 Å². The first-order valence-corrected chi connectivity index (χ1v) is 6.84. The van der Waals surface area contributed by atoms with Crippen molar-refractivity contribution in [1.82, 2.24) is 10.2 Å². The van der Waals surface area contributed by atoms with Gasteiger partial charge in [0.25, 0.3) is 0 Å². The third kappa shape index (κ3) is 1.78. The SMILES string of the molecule is O=C(O)[C@@H]1[C@H]2CC[C@@H](C2)[C@@H]1C(=O)Nc1nncs1. The fraction of sp³-hybridized carbons (Fsp3) is 0.636. The van der Waals surface area contributed by atoms with Gasteiger partial charge in [-0.15, -0.1) is 10.2 Å². The molecule has 0 saturated heterocycles. The van der Waals surface area contributed by atoms with Gasteiger partial charge in [-0.2, -0.15) is 0 Å². The number of hydrogen-bond acceptors (Lipinski definition) is 5. The molecule has 6 nitrogen and oxygen atoms in total. The fourth-order valence-corrected chi connectivity index (χ4v) is 3.89. The van der Waals surface area contributed by atoms with Gasteiger partial charge in [-0.25, -0.2) is 0 Å². The Morgan fingerprint density at radius 2 is 2.06 bits per heavy atom. The Morgan fingerprint density at radius 3 is 2.67 bits per heavy atom. The summed E-state index contributed by atoms with van der Waals surface area (Å²) in [4.78, 5) is 23.5. The van der Waals surface area contributed by atoms with Crippen LogP contribution in [0.4, 0.5) is 5.13 Å². The number of aromatic nitrogens is 2. The van der Waals surface area contributed by atoms with Crippen molar-refractivity contribution in [2.45, 2.75) is 19.3 Å². The minimum absolute atomic E-state index is 0.165. The minimum Gasteiger partial charge on any atom is -0.481 e. The lowest BCUT2D eigenvalue weighted by Crippen LogP contribution is -2.37. The zero-order valence-corrected chi connectivity index (χ0v) is 10.4. The molecule has 1 aromatic rings. The molecule has 1 amide bonds. The number of amides is 1. The Balaban J connectivity index is 1.78. The summed E-state index contributed by atoms with van der Waals surface area (Å²) in [6.45, 7) is 0. The molecule has 2 N–H and O–H groups in total. The number of carbonyl (C=O) groups is 2. The summed E-state index contributed by atoms with van der Waals surface area (Å²) in [6, 6.07) is 0. The highest BCUT2D eigenvalue weighted by molar-refractivity contribution is 7.13. The molecule has 96 valence electrons. The molecule has 0 aromatic carbocycles. The van der Waals surface area contributed by atoms with E-state index in [4.69, 9.17) is 0 Å². The van der Waals surface area contributed by atoms with E-state index in [-0.39, 0.29) is 17.7 Å². The molecule has 2 aliphatic carbocycles. The molecular weight excluding hydrogens is 254 g/mol. The zero-order valence-electron chi connectivity index (χ0n) is 9.57. The fourth-order valence-electron chi connectivity index (χ4n) is 3.44. The number of carbonyl (C=O) groups excluding carboxylic acids is 1. The van der Waals surface area contributed by atoms with Crippen molar-refractivity contribution >= 4 is 28.3 Å². The van der Waals surface area contributed by atoms with E-state index in [1.165, 1.54) is 16.8 Å². The van der Waals surface area contributed by atoms with E-state index in [0.29, 0.717) is 5.13 Å². The van der Waals surface area contributed by atoms with Crippen LogP contribution in [0.5, 0.6) is 0 Å². The summed E-state index contributed by atoms with van der Waals surface area (Å²) >= 11 is 1.24. The Kier molecular flexibility index (Phi) is 2.77. The van der Waals surface area contributed by atoms with Crippen molar-refractivity contribution in [3.63, 3.8) is 0 Å². The van der Waals surface area contributed by atoms with Crippen molar-refractivity contribution in [3.8, 4) is 0 Å². The van der Waals surface area contributed by atoms with Crippen LogP contribution >= 0.6 is 11.3 Å². The topological polar surface area (TPSA) is 92.2 Å². The maximum Gasteiger partial charge on any atom is 0.307 e. The van der Waals surface area contributed by atoms with Gasteiger partial charge in [0, 0.05) is 0 Å². The second-order valence-corrected chi connectivity index (χ2v) is 5.79. The van der Waals surface area contributed by atoms with Gasteiger partial charge >= 0.3 is 5.97 Å². The number of carboxylic acids is 1. The zero-order chi connectivity index (χ0) is 12.7. The van der Waals surface area contributed by atoms with E-state index in [2.05, 4.69) is 15.5 Å². The number of nitrogens with zero attached hydrogens (tertiary/aromatic N) is 2. The van der Waals surface area contributed by atoms with Crippen molar-refractivity contribution in [2.24, 2.45) is 23.7 Å². The van der Waals surface area contributed by atoms with Crippen LogP contribution in [0.25, 0.3) is 0 Å². The summed E-state index contributed by atoms with van der Waals surface area (Å²) in [5.74, 6) is -1.63. The second-order valence-electron chi connectivity index (χ2n) is 4.96. The number of aliphatic carboxylic acids is 1. The molecule has 2 fully saturated rings. The number of carboxylic acid groups (broad SMARTS) is 1. The monoisotopic (exact) mass is 267 g/mol. The van der Waals surface area contributed by atoms with E-state index in [9.17, 15) is 14.7 Å². The first-order valence-electron chi connectivity index (χ1n) is 5.96. The van der Waals surface area contributed by atoms with Gasteiger partial charge in [-0.3, -0.25) is 9.59 Å². The summed E-state index contributed by atoms with van der Waals surface area (Å²) in [5.41, 5.74) is 1.53. The number of anilines is 1. The van der Waals surface area contributed by atoms with Gasteiger partial charge in [0.1, 0.15) is 5.51 Å². The first kappa shape index (κ1) is 11.6. The summed E-state index contributed by atoms with van der Waals surface area (Å²) in [6.07, 6.45) is 2.76. The molecule has 2 bridgehead atoms. The molecule has 4 atom stereocenters. The maximum atomic E-state index is 12.2. The lowest BCUT2D eigenvalue weighted by Gasteiger charge is -2.26. The van der Waals surface area contributed by atoms with Gasteiger partial charge in [-0.05, 0) is 31.1 Å². The van der Waals surface area contributed by atoms with Crippen LogP contribution in [0.15, 0.2) is 5.51 Å². The highest BCUT2D eigenvalue weighted by Crippen LogP contribution is 2.52. The van der Waals surface area contributed by atoms with Gasteiger partial charge in [0.15, 0.2) is 0 Å². The summed E-state index contributed by atoms with van der Waals surface area (Å²) in [7, 11) is 0. The van der Waals surface area contributed by atoms with Crippen LogP contribution in [0.1, 0.15) is 19.3 Å². The predicted octanol–water partition coefficient (Wildman–Crippen LogP) is 1.22. The quantitative estimate of drug-likeness (QED) is 0.859. The van der Waals surface area contributed by atoms with Gasteiger partial charge in [-0.1, -0.05) is 11.3 Å². The molecule has 0 aliphatic heterocycles. The summed E-state index contributed by atoms with van der Waals surface area (Å²) in [5, 5.41) is 19.8. The van der Waals surface area contributed by atoms with E-state index < -0.39 is 17.8 Å². The van der Waals surface area contributed by atoms with E-state index in [1.807, 2.05) is 0 Å². The van der Waals surface area contributed by atoms with Crippen LogP contribution in [0.3, 0.4) is 0 Å². The molecule has 7 heteroatoms. The lowest BCUT2D eigenvalue weighted by molar-refractivity contribution is -0.148. The van der Waals surface area contributed by atoms with Crippen LogP contribution in [0.2, 0.25) is 0 Å². The standard InChI is InChI=1S/C11H13N3O3S/c15-9(13-11-14-12-4-18-11)7-5-1-2-6(3-5)8(7)10(16)17/h4-8H,1-3H2,(H,16,17)(H,13,14,15)/t5-,6-,7-,8+/m0/s1. The molecule has 18 heavy (non-hydrogen) atoms. The Morgan fingerprint density at radius 1 is 1.33 bits per heavy atom. The number of fused-ring (bicyclic) bond motifs is 2. The highest BCUT2D eigenvalue weighted by Gasteiger charge is 2.54. The van der Waals surface area contributed by atoms with E-state index in [0.717, 1.165) is 19.3 Å². The normalized spacial score (nSPS) is 33.6. The lowest BCUT2D eigenvalue weighted by atomic mass is 9.79. The highest BCUT2D eigenvalue weighted by atomic mass is 32.1. The molecule has 0 unspecified atom stereocenters. The summed E-state index contributed by atoms with van der Waals surface area (Å²) < 4.78 is 0. The van der Waals surface area contributed by atoms with Crippen molar-refractivity contribution in [2.75, 3.05) is 5.32 Å². The van der Waals surface area contributed by atoms with Crippen LogP contribution in [0, 0.1) is 23.7 Å². The molecule has 2 saturated carbocycles. The molecular formula is C11H13N3O3S. The average Bonchev–Trinajstić information content (AvgIpc) is 3.03. The molecule has 3 rings (SSSR count). The first-order chi connectivity index (χ1) is 8.66. The number of nitrogens with one attached hydrogen (secondary N) is 1. The Labute approximate surface area is 107 Å². The molecule has 0 spiro atoms. The van der Waals surface area contributed by atoms with E-state index >= 15 is 0 Å². The largest absolute Gasteiger partial charge is 0.481 e. The third-order valence-electron chi connectivity index (χ3n) is 4.09. The van der Waals surface area contributed by atoms with Gasteiger partial charge in [0.05, 0.1) is 11.8 Å². The number of rotatable bonds is 3. The van der Waals surface area contributed by atoms with Crippen molar-refractivity contribution in [1.29, 1.82) is 0 Å². The third-order valence-corrected chi connectivity index (χ3v) is 4.70. The van der Waals surface area contributed by atoms with Crippen LogP contribution < -0.4 is 5.32 Å². The predicted molar refractivity (Wildman–Crippen MR) is 64.0 cm³/mol. The smallest absolute Gasteiger partial charge is 0.307 e. The number of hydrogen-bond donors (Lipinski definition) is 2. The minimum atomic E-state index is -0.848. The van der Waals surface area contributed by atoms with Crippen LogP contribution in [-0.2, 0) is 9.59 Å². The van der Waals surface area contributed by atoms with Crippen molar-refractivity contribution < 1.29 is 14.7 Å². The second kappa shape index (κ2) is 4.31. The van der Waals surface area contributed by atoms with Crippen LogP contribution in [-0.4, -0.2) is 27.2 Å². The Bertz CT molecular complexity index is 476. The molecule has 1 aromatic heterocycles. The molecule has 2 aliphatic rings. The Hall–Kier alpha value is -1.50. The molecule has 1 heterocycles. The molecule has 0 radical (unpaired) electrons. The average molecular weight is 267 g/mol. The van der Waals surface area contributed by atoms with E-state index in [1.54, 1.807) is 0 Å².